The molecule has 2 rings (SSSR count). The molecule has 1 aliphatic rings. The van der Waals surface area contributed by atoms with Crippen molar-refractivity contribution in [1.29, 1.82) is 0 Å². The molecular formula is C16H25NO2. The molecule has 0 bridgehead atoms. The van der Waals surface area contributed by atoms with Crippen LogP contribution in [0.25, 0.3) is 0 Å². The van der Waals surface area contributed by atoms with Crippen LogP contribution in [0.1, 0.15) is 37.8 Å². The number of hydrogen-bond acceptors (Lipinski definition) is 3. The summed E-state index contributed by atoms with van der Waals surface area (Å²) in [6, 6.07) is 6.52. The molecule has 0 aliphatic carbocycles. The van der Waals surface area contributed by atoms with Gasteiger partial charge in [0, 0.05) is 18.9 Å². The van der Waals surface area contributed by atoms with E-state index in [-0.39, 0.29) is 6.29 Å². The van der Waals surface area contributed by atoms with Crippen molar-refractivity contribution in [2.24, 2.45) is 0 Å². The van der Waals surface area contributed by atoms with E-state index in [1.807, 2.05) is 0 Å². The quantitative estimate of drug-likeness (QED) is 0.883. The van der Waals surface area contributed by atoms with E-state index < -0.39 is 0 Å². The molecule has 1 aliphatic heterocycles. The second-order valence-electron chi connectivity index (χ2n) is 4.92. The summed E-state index contributed by atoms with van der Waals surface area (Å²) in [6.45, 7) is 6.73. The first kappa shape index (κ1) is 14.4. The molecule has 3 nitrogen and oxygen atoms in total. The van der Waals surface area contributed by atoms with Crippen molar-refractivity contribution in [1.82, 2.24) is 0 Å². The Hall–Kier alpha value is -1.06. The van der Waals surface area contributed by atoms with Gasteiger partial charge in [0.05, 0.1) is 6.54 Å². The lowest BCUT2D eigenvalue weighted by atomic mass is 10.0. The highest BCUT2D eigenvalue weighted by Gasteiger charge is 2.14. The first-order valence-corrected chi connectivity index (χ1v) is 7.43. The number of ether oxygens (including phenoxy) is 2. The van der Waals surface area contributed by atoms with Gasteiger partial charge >= 0.3 is 0 Å². The van der Waals surface area contributed by atoms with E-state index in [1.54, 1.807) is 0 Å². The second kappa shape index (κ2) is 7.51. The third-order valence-electron chi connectivity index (χ3n) is 3.59. The fourth-order valence-corrected chi connectivity index (χ4v) is 2.45. The van der Waals surface area contributed by atoms with Crippen LogP contribution >= 0.6 is 0 Å². The van der Waals surface area contributed by atoms with E-state index in [9.17, 15) is 0 Å². The van der Waals surface area contributed by atoms with Crippen molar-refractivity contribution >= 4 is 5.69 Å². The molecule has 19 heavy (non-hydrogen) atoms. The van der Waals surface area contributed by atoms with Crippen LogP contribution in [0, 0.1) is 0 Å². The predicted molar refractivity (Wildman–Crippen MR) is 78.6 cm³/mol. The summed E-state index contributed by atoms with van der Waals surface area (Å²) in [7, 11) is 0. The minimum absolute atomic E-state index is 0.114. The van der Waals surface area contributed by atoms with Crippen LogP contribution in [-0.4, -0.2) is 26.0 Å². The fourth-order valence-electron chi connectivity index (χ4n) is 2.45. The average Bonchev–Trinajstić information content (AvgIpc) is 2.73. The Morgan fingerprint density at radius 2 is 1.63 bits per heavy atom. The molecular weight excluding hydrogens is 238 g/mol. The summed E-state index contributed by atoms with van der Waals surface area (Å²) in [5, 5.41) is 3.53. The first-order valence-electron chi connectivity index (χ1n) is 7.43. The fraction of sp³-hybridized carbons (Fsp3) is 0.625. The summed E-state index contributed by atoms with van der Waals surface area (Å²) in [4.78, 5) is 0. The molecule has 1 aromatic carbocycles. The molecule has 0 aromatic heterocycles. The van der Waals surface area contributed by atoms with Gasteiger partial charge in [-0.1, -0.05) is 32.0 Å². The van der Waals surface area contributed by atoms with E-state index in [1.165, 1.54) is 16.8 Å². The number of anilines is 1. The molecule has 0 spiro atoms. The molecule has 1 heterocycles. The van der Waals surface area contributed by atoms with Crippen LogP contribution < -0.4 is 5.32 Å². The van der Waals surface area contributed by atoms with Crippen LogP contribution in [0.5, 0.6) is 0 Å². The van der Waals surface area contributed by atoms with Gasteiger partial charge in [-0.3, -0.25) is 0 Å². The molecule has 1 saturated heterocycles. The van der Waals surface area contributed by atoms with Crippen LogP contribution in [0.15, 0.2) is 18.2 Å². The van der Waals surface area contributed by atoms with Crippen LogP contribution in [-0.2, 0) is 22.3 Å². The maximum Gasteiger partial charge on any atom is 0.174 e. The zero-order valence-electron chi connectivity index (χ0n) is 12.1. The number of benzene rings is 1. The zero-order valence-corrected chi connectivity index (χ0v) is 12.1. The minimum Gasteiger partial charge on any atom is -0.379 e. The smallest absolute Gasteiger partial charge is 0.174 e. The van der Waals surface area contributed by atoms with Gasteiger partial charge in [-0.2, -0.15) is 0 Å². The lowest BCUT2D eigenvalue weighted by Gasteiger charge is -2.20. The number of hydrogen-bond donors (Lipinski definition) is 1. The zero-order chi connectivity index (χ0) is 13.5. The van der Waals surface area contributed by atoms with Crippen LogP contribution in [0.2, 0.25) is 0 Å². The van der Waals surface area contributed by atoms with E-state index >= 15 is 0 Å². The number of rotatable bonds is 5. The van der Waals surface area contributed by atoms with E-state index in [4.69, 9.17) is 9.47 Å². The maximum absolute atomic E-state index is 5.69. The summed E-state index contributed by atoms with van der Waals surface area (Å²) in [5.74, 6) is 0. The van der Waals surface area contributed by atoms with Gasteiger partial charge in [-0.15, -0.1) is 0 Å². The van der Waals surface area contributed by atoms with Gasteiger partial charge in [0.2, 0.25) is 0 Å². The van der Waals surface area contributed by atoms with Gasteiger partial charge in [0.25, 0.3) is 0 Å². The Bertz CT molecular complexity index is 362. The predicted octanol–water partition coefficient (Wildman–Crippen LogP) is 3.38. The first-order chi connectivity index (χ1) is 9.35. The summed E-state index contributed by atoms with van der Waals surface area (Å²) >= 11 is 0. The SMILES string of the molecule is CCc1cccc(CC)c1NCC1OCCCCO1. The Kier molecular flexibility index (Phi) is 5.67. The molecule has 106 valence electrons. The van der Waals surface area contributed by atoms with Crippen LogP contribution in [0.4, 0.5) is 5.69 Å². The van der Waals surface area contributed by atoms with Crippen molar-refractivity contribution < 1.29 is 9.47 Å². The molecule has 0 atom stereocenters. The molecule has 1 aromatic rings. The monoisotopic (exact) mass is 263 g/mol. The standard InChI is InChI=1S/C16H25NO2/c1-3-13-8-7-9-14(4-2)16(13)17-12-15-18-10-5-6-11-19-15/h7-9,15,17H,3-6,10-12H2,1-2H3. The normalized spacial score (nSPS) is 17.2. The number of nitrogens with one attached hydrogen (secondary N) is 1. The lowest BCUT2D eigenvalue weighted by Crippen LogP contribution is -2.26. The third-order valence-corrected chi connectivity index (χ3v) is 3.59. The van der Waals surface area contributed by atoms with Gasteiger partial charge in [0.15, 0.2) is 6.29 Å². The van der Waals surface area contributed by atoms with Gasteiger partial charge in [-0.05, 0) is 36.8 Å². The largest absolute Gasteiger partial charge is 0.379 e. The van der Waals surface area contributed by atoms with Gasteiger partial charge in [0.1, 0.15) is 0 Å². The molecule has 0 unspecified atom stereocenters. The van der Waals surface area contributed by atoms with Gasteiger partial charge in [-0.25, -0.2) is 0 Å². The van der Waals surface area contributed by atoms with Crippen LogP contribution in [0.3, 0.4) is 0 Å². The summed E-state index contributed by atoms with van der Waals surface area (Å²) in [5.41, 5.74) is 4.00. The lowest BCUT2D eigenvalue weighted by molar-refractivity contribution is -0.116. The highest BCUT2D eigenvalue weighted by Crippen LogP contribution is 2.22. The van der Waals surface area contributed by atoms with Crippen molar-refractivity contribution in [3.63, 3.8) is 0 Å². The topological polar surface area (TPSA) is 30.5 Å². The highest BCUT2D eigenvalue weighted by atomic mass is 16.7. The minimum atomic E-state index is -0.114. The van der Waals surface area contributed by atoms with Crippen molar-refractivity contribution in [3.05, 3.63) is 29.3 Å². The Labute approximate surface area is 116 Å². The van der Waals surface area contributed by atoms with Crippen molar-refractivity contribution in [2.45, 2.75) is 45.8 Å². The molecule has 1 fully saturated rings. The van der Waals surface area contributed by atoms with E-state index in [0.29, 0.717) is 0 Å². The third kappa shape index (κ3) is 3.95. The Morgan fingerprint density at radius 1 is 1.05 bits per heavy atom. The highest BCUT2D eigenvalue weighted by molar-refractivity contribution is 5.57. The molecule has 3 heteroatoms. The molecule has 0 saturated carbocycles. The maximum atomic E-state index is 5.69. The summed E-state index contributed by atoms with van der Waals surface area (Å²) in [6.07, 6.45) is 4.17. The Balaban J connectivity index is 2.01. The second-order valence-corrected chi connectivity index (χ2v) is 4.92. The number of para-hydroxylation sites is 1. The van der Waals surface area contributed by atoms with E-state index in [0.717, 1.165) is 45.4 Å². The molecule has 1 N–H and O–H groups in total. The summed E-state index contributed by atoms with van der Waals surface area (Å²) < 4.78 is 11.4. The van der Waals surface area contributed by atoms with Gasteiger partial charge < -0.3 is 14.8 Å². The Morgan fingerprint density at radius 3 is 2.16 bits per heavy atom. The van der Waals surface area contributed by atoms with Crippen molar-refractivity contribution in [3.8, 4) is 0 Å². The number of aryl methyl sites for hydroxylation is 2. The molecule has 0 amide bonds. The molecule has 0 radical (unpaired) electrons. The van der Waals surface area contributed by atoms with Crippen molar-refractivity contribution in [2.75, 3.05) is 25.1 Å². The average molecular weight is 263 g/mol. The van der Waals surface area contributed by atoms with E-state index in [2.05, 4.69) is 37.4 Å².